The highest BCUT2D eigenvalue weighted by molar-refractivity contribution is 7.66. The minimum atomic E-state index is -5.67. The standard InChI is InChI=1S/C10H14Cl2N5O12P3/c11-10(12)1-4(2-26-31(22,23)29-32(24,25)28-30(19,20)21)27-8(10)17-3-14-5-6(17)15-9(13)16-7(5)18/h3-4,8H,1-2H2,(H,22,23)(H,24,25)(H2,19,20,21)(H3,13,15,16,18). The lowest BCUT2D eigenvalue weighted by Crippen LogP contribution is -2.24. The summed E-state index contributed by atoms with van der Waals surface area (Å²) in [7, 11) is -16.6. The van der Waals surface area contributed by atoms with Crippen molar-refractivity contribution in [2.45, 2.75) is 23.1 Å². The Morgan fingerprint density at radius 3 is 2.53 bits per heavy atom. The van der Waals surface area contributed by atoms with Gasteiger partial charge >= 0.3 is 23.5 Å². The van der Waals surface area contributed by atoms with Crippen molar-refractivity contribution in [1.29, 1.82) is 0 Å². The SMILES string of the molecule is Nc1nc2c(ncn2C2OC(COP(=O)(O)OP(=O)(O)OP(=O)(O)O)CC2(Cl)Cl)c(=O)[nH]1. The number of aromatic amines is 1. The first kappa shape index (κ1) is 25.7. The van der Waals surface area contributed by atoms with Crippen molar-refractivity contribution in [3.8, 4) is 0 Å². The Bertz CT molecular complexity index is 1230. The molecule has 2 aromatic rings. The summed E-state index contributed by atoms with van der Waals surface area (Å²) in [5, 5.41) is 0. The van der Waals surface area contributed by atoms with Crippen LogP contribution in [0.25, 0.3) is 11.2 Å². The van der Waals surface area contributed by atoms with Gasteiger partial charge in [0, 0.05) is 6.42 Å². The minimum Gasteiger partial charge on any atom is -0.369 e. The van der Waals surface area contributed by atoms with Crippen molar-refractivity contribution in [2.24, 2.45) is 0 Å². The molecule has 0 amide bonds. The fourth-order valence-electron chi connectivity index (χ4n) is 2.70. The van der Waals surface area contributed by atoms with Gasteiger partial charge in [-0.2, -0.15) is 13.6 Å². The monoisotopic (exact) mass is 559 g/mol. The normalized spacial score (nSPS) is 24.9. The number of halogens is 2. The average Bonchev–Trinajstić information content (AvgIpc) is 3.09. The molecule has 1 aliphatic rings. The molecule has 1 saturated heterocycles. The molecule has 1 aliphatic heterocycles. The van der Waals surface area contributed by atoms with Crippen LogP contribution < -0.4 is 11.3 Å². The van der Waals surface area contributed by atoms with Gasteiger partial charge in [-0.3, -0.25) is 18.9 Å². The van der Waals surface area contributed by atoms with Crippen LogP contribution in [0.3, 0.4) is 0 Å². The maximum absolute atomic E-state index is 11.9. The molecule has 1 fully saturated rings. The maximum Gasteiger partial charge on any atom is 0.490 e. The van der Waals surface area contributed by atoms with Crippen LogP contribution >= 0.6 is 46.7 Å². The van der Waals surface area contributed by atoms with Gasteiger partial charge in [-0.05, 0) is 0 Å². The number of hydrogen-bond acceptors (Lipinski definition) is 11. The first-order valence-electron chi connectivity index (χ1n) is 8.02. The van der Waals surface area contributed by atoms with E-state index in [4.69, 9.17) is 48.4 Å². The highest BCUT2D eigenvalue weighted by atomic mass is 35.5. The number of fused-ring (bicyclic) bond motifs is 1. The van der Waals surface area contributed by atoms with Crippen LogP contribution in [0, 0.1) is 0 Å². The molecule has 2 aromatic heterocycles. The van der Waals surface area contributed by atoms with Gasteiger partial charge in [0.25, 0.3) is 5.56 Å². The number of nitrogens with two attached hydrogens (primary N) is 1. The molecule has 17 nitrogen and oxygen atoms in total. The van der Waals surface area contributed by atoms with Crippen LogP contribution in [0.1, 0.15) is 12.6 Å². The predicted octanol–water partition coefficient (Wildman–Crippen LogP) is 0.506. The Hall–Kier alpha value is -0.900. The number of imidazole rings is 1. The van der Waals surface area contributed by atoms with Crippen LogP contribution in [-0.4, -0.2) is 56.1 Å². The molecule has 0 radical (unpaired) electrons. The van der Waals surface area contributed by atoms with E-state index in [9.17, 15) is 23.4 Å². The number of nitrogen functional groups attached to an aromatic ring is 1. The summed E-state index contributed by atoms with van der Waals surface area (Å²) in [4.78, 5) is 57.7. The number of H-pyrrole nitrogens is 1. The topological polar surface area (TPSA) is 259 Å². The summed E-state index contributed by atoms with van der Waals surface area (Å²) in [6.07, 6.45) is -1.38. The van der Waals surface area contributed by atoms with Crippen molar-refractivity contribution in [3.63, 3.8) is 0 Å². The van der Waals surface area contributed by atoms with Crippen molar-refractivity contribution >= 4 is 63.8 Å². The van der Waals surface area contributed by atoms with Crippen molar-refractivity contribution in [1.82, 2.24) is 19.5 Å². The van der Waals surface area contributed by atoms with Crippen LogP contribution in [-0.2, 0) is 31.6 Å². The van der Waals surface area contributed by atoms with E-state index in [1.165, 1.54) is 4.57 Å². The second kappa shape index (κ2) is 8.71. The maximum atomic E-state index is 11.9. The lowest BCUT2D eigenvalue weighted by molar-refractivity contribution is -0.0220. The zero-order valence-electron chi connectivity index (χ0n) is 15.2. The van der Waals surface area contributed by atoms with E-state index in [1.54, 1.807) is 0 Å². The van der Waals surface area contributed by atoms with E-state index < -0.39 is 52.3 Å². The molecular weight excluding hydrogens is 546 g/mol. The number of aromatic nitrogens is 4. The Balaban J connectivity index is 1.72. The number of phosphoric acid groups is 3. The highest BCUT2D eigenvalue weighted by Crippen LogP contribution is 2.66. The van der Waals surface area contributed by atoms with Gasteiger partial charge in [-0.1, -0.05) is 23.2 Å². The van der Waals surface area contributed by atoms with Gasteiger partial charge in [0.2, 0.25) is 5.95 Å². The molecule has 22 heteroatoms. The molecule has 7 N–H and O–H groups in total. The Morgan fingerprint density at radius 2 is 1.91 bits per heavy atom. The number of nitrogens with one attached hydrogen (secondary N) is 1. The largest absolute Gasteiger partial charge is 0.490 e. The highest BCUT2D eigenvalue weighted by Gasteiger charge is 2.49. The van der Waals surface area contributed by atoms with E-state index in [-0.39, 0.29) is 23.5 Å². The van der Waals surface area contributed by atoms with Gasteiger partial charge in [-0.15, -0.1) is 0 Å². The number of rotatable bonds is 8. The first-order chi connectivity index (χ1) is 14.5. The van der Waals surface area contributed by atoms with E-state index in [0.29, 0.717) is 0 Å². The summed E-state index contributed by atoms with van der Waals surface area (Å²) in [5.74, 6) is -0.221. The molecule has 0 aromatic carbocycles. The summed E-state index contributed by atoms with van der Waals surface area (Å²) < 4.78 is 50.7. The Kier molecular flexibility index (Phi) is 7.00. The number of hydrogen-bond donors (Lipinski definition) is 6. The van der Waals surface area contributed by atoms with E-state index in [2.05, 4.69) is 28.1 Å². The molecule has 0 bridgehead atoms. The number of anilines is 1. The van der Waals surface area contributed by atoms with Crippen LogP contribution in [0.15, 0.2) is 11.1 Å². The van der Waals surface area contributed by atoms with Gasteiger partial charge in [0.05, 0.1) is 19.0 Å². The molecule has 3 rings (SSSR count). The van der Waals surface area contributed by atoms with Gasteiger partial charge in [0.15, 0.2) is 21.7 Å². The second-order valence-electron chi connectivity index (χ2n) is 6.24. The molecular formula is C10H14Cl2N5O12P3. The van der Waals surface area contributed by atoms with Crippen LogP contribution in [0.5, 0.6) is 0 Å². The summed E-state index contributed by atoms with van der Waals surface area (Å²) >= 11 is 12.5. The van der Waals surface area contributed by atoms with Gasteiger partial charge < -0.3 is 30.0 Å². The second-order valence-corrected chi connectivity index (χ2v) is 12.2. The lowest BCUT2D eigenvalue weighted by Gasteiger charge is -2.22. The Labute approximate surface area is 186 Å². The summed E-state index contributed by atoms with van der Waals surface area (Å²) in [6, 6.07) is 0. The number of nitrogens with zero attached hydrogens (tertiary/aromatic N) is 3. The van der Waals surface area contributed by atoms with E-state index in [1.807, 2.05) is 0 Å². The number of phosphoric ester groups is 1. The van der Waals surface area contributed by atoms with Crippen LogP contribution in [0.2, 0.25) is 0 Å². The van der Waals surface area contributed by atoms with E-state index in [0.717, 1.165) is 6.33 Å². The smallest absolute Gasteiger partial charge is 0.369 e. The molecule has 0 saturated carbocycles. The predicted molar refractivity (Wildman–Crippen MR) is 105 cm³/mol. The Morgan fingerprint density at radius 1 is 1.25 bits per heavy atom. The zero-order chi connectivity index (χ0) is 24.1. The van der Waals surface area contributed by atoms with Gasteiger partial charge in [0.1, 0.15) is 0 Å². The molecule has 0 spiro atoms. The summed E-state index contributed by atoms with van der Waals surface area (Å²) in [5.41, 5.74) is 4.77. The molecule has 0 aliphatic carbocycles. The van der Waals surface area contributed by atoms with Gasteiger partial charge in [-0.25, -0.2) is 18.7 Å². The van der Waals surface area contributed by atoms with E-state index >= 15 is 0 Å². The molecule has 4 unspecified atom stereocenters. The van der Waals surface area contributed by atoms with Crippen molar-refractivity contribution < 1.29 is 51.2 Å². The molecule has 180 valence electrons. The fraction of sp³-hybridized carbons (Fsp3) is 0.500. The van der Waals surface area contributed by atoms with Crippen molar-refractivity contribution in [3.05, 3.63) is 16.7 Å². The number of ether oxygens (including phenoxy) is 1. The fourth-order valence-corrected chi connectivity index (χ4v) is 6.40. The molecule has 3 heterocycles. The summed E-state index contributed by atoms with van der Waals surface area (Å²) in [6.45, 7) is -0.774. The lowest BCUT2D eigenvalue weighted by atomic mass is 10.2. The third-order valence-electron chi connectivity index (χ3n) is 3.73. The average molecular weight is 560 g/mol. The quantitative estimate of drug-likeness (QED) is 0.190. The number of alkyl halides is 2. The molecule has 4 atom stereocenters. The van der Waals surface area contributed by atoms with Crippen LogP contribution in [0.4, 0.5) is 5.95 Å². The minimum absolute atomic E-state index is 0.0181. The zero-order valence-corrected chi connectivity index (χ0v) is 19.4. The van der Waals surface area contributed by atoms with Crippen molar-refractivity contribution in [2.75, 3.05) is 12.3 Å². The third-order valence-corrected chi connectivity index (χ3v) is 8.21. The first-order valence-corrected chi connectivity index (χ1v) is 13.3. The third kappa shape index (κ3) is 6.15. The molecule has 32 heavy (non-hydrogen) atoms.